The SMILES string of the molecule is Cc1cc(C)nc(Sc2ccc(C(C)N)cc2Cl)n1. The Morgan fingerprint density at radius 3 is 2.32 bits per heavy atom. The van der Waals surface area contributed by atoms with E-state index in [1.165, 1.54) is 11.8 Å². The average Bonchev–Trinajstić information content (AvgIpc) is 2.30. The summed E-state index contributed by atoms with van der Waals surface area (Å²) in [7, 11) is 0. The second-order valence-corrected chi connectivity index (χ2v) is 5.93. The minimum atomic E-state index is -0.0194. The summed E-state index contributed by atoms with van der Waals surface area (Å²) in [5.41, 5.74) is 8.77. The Morgan fingerprint density at radius 2 is 1.79 bits per heavy atom. The van der Waals surface area contributed by atoms with Gasteiger partial charge in [0.15, 0.2) is 5.16 Å². The first-order chi connectivity index (χ1) is 8.95. The molecule has 0 spiro atoms. The van der Waals surface area contributed by atoms with Crippen LogP contribution in [0.4, 0.5) is 0 Å². The second-order valence-electron chi connectivity index (χ2n) is 4.51. The van der Waals surface area contributed by atoms with Gasteiger partial charge in [0.1, 0.15) is 0 Å². The van der Waals surface area contributed by atoms with E-state index in [1.807, 2.05) is 45.0 Å². The summed E-state index contributed by atoms with van der Waals surface area (Å²) in [6.07, 6.45) is 0. The summed E-state index contributed by atoms with van der Waals surface area (Å²) in [6, 6.07) is 7.78. The molecule has 2 rings (SSSR count). The molecule has 2 N–H and O–H groups in total. The minimum absolute atomic E-state index is 0.0194. The van der Waals surface area contributed by atoms with E-state index in [-0.39, 0.29) is 6.04 Å². The Bertz CT molecular complexity index is 579. The number of halogens is 1. The Labute approximate surface area is 122 Å². The van der Waals surface area contributed by atoms with Crippen LogP contribution < -0.4 is 5.73 Å². The molecule has 0 aliphatic carbocycles. The molecule has 0 bridgehead atoms. The first-order valence-electron chi connectivity index (χ1n) is 6.01. The molecular formula is C14H16ClN3S. The van der Waals surface area contributed by atoms with Crippen LogP contribution in [0.3, 0.4) is 0 Å². The quantitative estimate of drug-likeness (QED) is 0.872. The summed E-state index contributed by atoms with van der Waals surface area (Å²) in [5, 5.41) is 1.40. The molecule has 0 radical (unpaired) electrons. The molecule has 0 saturated carbocycles. The van der Waals surface area contributed by atoms with Gasteiger partial charge in [-0.05, 0) is 56.3 Å². The maximum Gasteiger partial charge on any atom is 0.192 e. The molecule has 3 nitrogen and oxygen atoms in total. The molecule has 100 valence electrons. The summed E-state index contributed by atoms with van der Waals surface area (Å²) < 4.78 is 0. The van der Waals surface area contributed by atoms with Crippen molar-refractivity contribution in [3.63, 3.8) is 0 Å². The number of rotatable bonds is 3. The summed E-state index contributed by atoms with van der Waals surface area (Å²) in [4.78, 5) is 9.73. The van der Waals surface area contributed by atoms with Crippen molar-refractivity contribution in [3.05, 3.63) is 46.2 Å². The van der Waals surface area contributed by atoms with Gasteiger partial charge in [0.2, 0.25) is 0 Å². The van der Waals surface area contributed by atoms with Crippen LogP contribution in [0.2, 0.25) is 5.02 Å². The zero-order valence-corrected chi connectivity index (χ0v) is 12.7. The third-order valence-electron chi connectivity index (χ3n) is 2.64. The number of aromatic nitrogens is 2. The summed E-state index contributed by atoms with van der Waals surface area (Å²) >= 11 is 7.74. The highest BCUT2D eigenvalue weighted by Crippen LogP contribution is 2.33. The summed E-state index contributed by atoms with van der Waals surface area (Å²) in [5.74, 6) is 0. The van der Waals surface area contributed by atoms with Gasteiger partial charge in [-0.15, -0.1) is 0 Å². The van der Waals surface area contributed by atoms with E-state index < -0.39 is 0 Å². The van der Waals surface area contributed by atoms with Gasteiger partial charge < -0.3 is 5.73 Å². The first kappa shape index (κ1) is 14.3. The topological polar surface area (TPSA) is 51.8 Å². The zero-order valence-electron chi connectivity index (χ0n) is 11.1. The van der Waals surface area contributed by atoms with E-state index in [9.17, 15) is 0 Å². The molecule has 1 aromatic heterocycles. The van der Waals surface area contributed by atoms with Crippen molar-refractivity contribution in [3.8, 4) is 0 Å². The van der Waals surface area contributed by atoms with Crippen LogP contribution in [0.15, 0.2) is 34.3 Å². The Kier molecular flexibility index (Phi) is 4.45. The molecule has 1 heterocycles. The molecule has 0 aliphatic rings. The lowest BCUT2D eigenvalue weighted by Gasteiger charge is -2.09. The monoisotopic (exact) mass is 293 g/mol. The Morgan fingerprint density at radius 1 is 1.16 bits per heavy atom. The van der Waals surface area contributed by atoms with Crippen molar-refractivity contribution >= 4 is 23.4 Å². The predicted molar refractivity (Wildman–Crippen MR) is 79.7 cm³/mol. The normalized spacial score (nSPS) is 12.5. The number of benzene rings is 1. The van der Waals surface area contributed by atoms with E-state index in [1.54, 1.807) is 0 Å². The van der Waals surface area contributed by atoms with Crippen LogP contribution in [0.25, 0.3) is 0 Å². The van der Waals surface area contributed by atoms with E-state index in [2.05, 4.69) is 9.97 Å². The zero-order chi connectivity index (χ0) is 14.0. The van der Waals surface area contributed by atoms with Crippen LogP contribution in [0, 0.1) is 13.8 Å². The third kappa shape index (κ3) is 3.69. The highest BCUT2D eigenvalue weighted by Gasteiger charge is 2.08. The van der Waals surface area contributed by atoms with Gasteiger partial charge in [0, 0.05) is 22.3 Å². The lowest BCUT2D eigenvalue weighted by molar-refractivity contribution is 0.817. The van der Waals surface area contributed by atoms with Crippen LogP contribution in [0.1, 0.15) is 29.9 Å². The van der Waals surface area contributed by atoms with Gasteiger partial charge in [-0.3, -0.25) is 0 Å². The average molecular weight is 294 g/mol. The van der Waals surface area contributed by atoms with Crippen molar-refractivity contribution in [2.45, 2.75) is 36.9 Å². The number of hydrogen-bond donors (Lipinski definition) is 1. The van der Waals surface area contributed by atoms with Crippen LogP contribution in [0.5, 0.6) is 0 Å². The lowest BCUT2D eigenvalue weighted by atomic mass is 10.1. The third-order valence-corrected chi connectivity index (χ3v) is 4.01. The standard InChI is InChI=1S/C14H16ClN3S/c1-8-6-9(2)18-14(17-8)19-13-5-4-11(10(3)16)7-12(13)15/h4-7,10H,16H2,1-3H3. The molecule has 0 saturated heterocycles. The molecule has 0 aliphatic heterocycles. The number of nitrogens with zero attached hydrogens (tertiary/aromatic N) is 2. The predicted octanol–water partition coefficient (Wildman–Crippen LogP) is 3.92. The molecule has 0 fully saturated rings. The van der Waals surface area contributed by atoms with Crippen LogP contribution >= 0.6 is 23.4 Å². The molecule has 0 amide bonds. The smallest absolute Gasteiger partial charge is 0.192 e. The largest absolute Gasteiger partial charge is 0.324 e. The van der Waals surface area contributed by atoms with Crippen molar-refractivity contribution < 1.29 is 0 Å². The maximum atomic E-state index is 6.27. The van der Waals surface area contributed by atoms with Crippen LogP contribution in [-0.4, -0.2) is 9.97 Å². The Hall–Kier alpha value is -1.10. The number of hydrogen-bond acceptors (Lipinski definition) is 4. The van der Waals surface area contributed by atoms with Gasteiger partial charge in [-0.25, -0.2) is 9.97 Å². The van der Waals surface area contributed by atoms with Gasteiger partial charge in [0.25, 0.3) is 0 Å². The van der Waals surface area contributed by atoms with Gasteiger partial charge in [-0.2, -0.15) is 0 Å². The maximum absolute atomic E-state index is 6.27. The fourth-order valence-electron chi connectivity index (χ4n) is 1.72. The minimum Gasteiger partial charge on any atom is -0.324 e. The fourth-order valence-corrected chi connectivity index (χ4v) is 2.89. The first-order valence-corrected chi connectivity index (χ1v) is 7.20. The fraction of sp³-hybridized carbons (Fsp3) is 0.286. The van der Waals surface area contributed by atoms with E-state index in [0.717, 1.165) is 21.8 Å². The molecule has 1 aromatic carbocycles. The molecule has 1 unspecified atom stereocenters. The number of aryl methyl sites for hydroxylation is 2. The second kappa shape index (κ2) is 5.90. The van der Waals surface area contributed by atoms with Crippen molar-refractivity contribution in [2.75, 3.05) is 0 Å². The van der Waals surface area contributed by atoms with Crippen molar-refractivity contribution in [1.29, 1.82) is 0 Å². The van der Waals surface area contributed by atoms with Gasteiger partial charge in [-0.1, -0.05) is 17.7 Å². The number of nitrogens with two attached hydrogens (primary N) is 1. The molecular weight excluding hydrogens is 278 g/mol. The molecule has 19 heavy (non-hydrogen) atoms. The molecule has 2 aromatic rings. The van der Waals surface area contributed by atoms with Gasteiger partial charge in [0.05, 0.1) is 5.02 Å². The summed E-state index contributed by atoms with van der Waals surface area (Å²) in [6.45, 7) is 5.85. The van der Waals surface area contributed by atoms with Crippen molar-refractivity contribution in [1.82, 2.24) is 9.97 Å². The molecule has 1 atom stereocenters. The Balaban J connectivity index is 2.28. The van der Waals surface area contributed by atoms with E-state index in [4.69, 9.17) is 17.3 Å². The van der Waals surface area contributed by atoms with E-state index in [0.29, 0.717) is 10.2 Å². The molecule has 5 heteroatoms. The van der Waals surface area contributed by atoms with Gasteiger partial charge >= 0.3 is 0 Å². The lowest BCUT2D eigenvalue weighted by Crippen LogP contribution is -2.04. The van der Waals surface area contributed by atoms with Crippen molar-refractivity contribution in [2.24, 2.45) is 5.73 Å². The highest BCUT2D eigenvalue weighted by atomic mass is 35.5. The van der Waals surface area contributed by atoms with Crippen LogP contribution in [-0.2, 0) is 0 Å². The highest BCUT2D eigenvalue weighted by molar-refractivity contribution is 7.99. The van der Waals surface area contributed by atoms with E-state index >= 15 is 0 Å².